The molecule has 0 saturated heterocycles. The zero-order valence-corrected chi connectivity index (χ0v) is 16.4. The number of rotatable bonds is 6. The number of fused-ring (bicyclic) bond motifs is 1. The molecule has 28 heavy (non-hydrogen) atoms. The Bertz CT molecular complexity index is 1190. The number of aromatic nitrogens is 4. The van der Waals surface area contributed by atoms with Crippen LogP contribution in [0.25, 0.3) is 21.6 Å². The van der Waals surface area contributed by atoms with Gasteiger partial charge in [0.25, 0.3) is 5.56 Å². The smallest absolute Gasteiger partial charge is 0.262 e. The average Bonchev–Trinajstić information content (AvgIpc) is 3.36. The summed E-state index contributed by atoms with van der Waals surface area (Å²) < 4.78 is 17.4. The molecule has 0 saturated carbocycles. The van der Waals surface area contributed by atoms with E-state index in [1.54, 1.807) is 32.4 Å². The van der Waals surface area contributed by atoms with E-state index in [4.69, 9.17) is 14.0 Å². The third kappa shape index (κ3) is 3.24. The summed E-state index contributed by atoms with van der Waals surface area (Å²) in [6, 6.07) is 7.23. The van der Waals surface area contributed by atoms with Crippen molar-refractivity contribution in [1.82, 2.24) is 19.7 Å². The first-order chi connectivity index (χ1) is 13.6. The minimum atomic E-state index is -0.122. The highest BCUT2D eigenvalue weighted by molar-refractivity contribution is 7.18. The summed E-state index contributed by atoms with van der Waals surface area (Å²) >= 11 is 1.53. The SMILES string of the molecule is CCc1cc2c(=O)n(Cc3nc(-c4ccc(OC)cc4OC)no3)cnc2s1. The van der Waals surface area contributed by atoms with Gasteiger partial charge in [-0.25, -0.2) is 4.98 Å². The van der Waals surface area contributed by atoms with Gasteiger partial charge in [-0.3, -0.25) is 9.36 Å². The van der Waals surface area contributed by atoms with E-state index in [2.05, 4.69) is 22.0 Å². The van der Waals surface area contributed by atoms with E-state index in [9.17, 15) is 4.79 Å². The molecule has 0 spiro atoms. The summed E-state index contributed by atoms with van der Waals surface area (Å²) in [6.45, 7) is 2.20. The Morgan fingerprint density at radius 1 is 1.21 bits per heavy atom. The summed E-state index contributed by atoms with van der Waals surface area (Å²) in [5, 5.41) is 4.63. The Labute approximate surface area is 164 Å². The second-order valence-electron chi connectivity index (χ2n) is 6.04. The fraction of sp³-hybridized carbons (Fsp3) is 0.263. The van der Waals surface area contributed by atoms with Crippen LogP contribution in [0.4, 0.5) is 0 Å². The molecule has 0 atom stereocenters. The number of nitrogens with zero attached hydrogens (tertiary/aromatic N) is 4. The predicted octanol–water partition coefficient (Wildman–Crippen LogP) is 3.14. The van der Waals surface area contributed by atoms with Crippen LogP contribution < -0.4 is 15.0 Å². The predicted molar refractivity (Wildman–Crippen MR) is 105 cm³/mol. The largest absolute Gasteiger partial charge is 0.497 e. The summed E-state index contributed by atoms with van der Waals surface area (Å²) in [6.07, 6.45) is 2.38. The van der Waals surface area contributed by atoms with Gasteiger partial charge in [-0.2, -0.15) is 4.98 Å². The summed E-state index contributed by atoms with van der Waals surface area (Å²) in [5.41, 5.74) is 0.548. The second-order valence-corrected chi connectivity index (χ2v) is 7.16. The Morgan fingerprint density at radius 3 is 2.82 bits per heavy atom. The van der Waals surface area contributed by atoms with Crippen molar-refractivity contribution in [3.05, 3.63) is 51.7 Å². The van der Waals surface area contributed by atoms with Gasteiger partial charge in [0.15, 0.2) is 0 Å². The molecule has 4 rings (SSSR count). The monoisotopic (exact) mass is 398 g/mol. The van der Waals surface area contributed by atoms with Gasteiger partial charge < -0.3 is 14.0 Å². The molecule has 0 unspecified atom stereocenters. The molecule has 9 heteroatoms. The molecule has 0 bridgehead atoms. The maximum atomic E-state index is 12.7. The number of benzene rings is 1. The summed E-state index contributed by atoms with van der Waals surface area (Å²) in [4.78, 5) is 23.4. The van der Waals surface area contributed by atoms with Crippen LogP contribution in [0.5, 0.6) is 11.5 Å². The van der Waals surface area contributed by atoms with Crippen molar-refractivity contribution in [3.8, 4) is 22.9 Å². The molecule has 0 radical (unpaired) electrons. The first-order valence-electron chi connectivity index (χ1n) is 8.65. The molecular formula is C19H18N4O4S. The van der Waals surface area contributed by atoms with Gasteiger partial charge in [0, 0.05) is 10.9 Å². The van der Waals surface area contributed by atoms with Crippen molar-refractivity contribution in [3.63, 3.8) is 0 Å². The molecule has 3 heterocycles. The Balaban J connectivity index is 1.65. The normalized spacial score (nSPS) is 11.1. The van der Waals surface area contributed by atoms with E-state index < -0.39 is 0 Å². The molecule has 1 aromatic carbocycles. The number of hydrogen-bond donors (Lipinski definition) is 0. The Kier molecular flexibility index (Phi) is 4.82. The lowest BCUT2D eigenvalue weighted by Crippen LogP contribution is -2.20. The van der Waals surface area contributed by atoms with E-state index in [-0.39, 0.29) is 12.1 Å². The molecule has 3 aromatic heterocycles. The van der Waals surface area contributed by atoms with Crippen LogP contribution in [0.15, 0.2) is 39.9 Å². The lowest BCUT2D eigenvalue weighted by molar-refractivity contribution is 0.369. The van der Waals surface area contributed by atoms with E-state index >= 15 is 0 Å². The van der Waals surface area contributed by atoms with E-state index in [1.807, 2.05) is 6.07 Å². The van der Waals surface area contributed by atoms with Crippen molar-refractivity contribution in [2.45, 2.75) is 19.9 Å². The third-order valence-electron chi connectivity index (χ3n) is 4.34. The van der Waals surface area contributed by atoms with Gasteiger partial charge in [-0.05, 0) is 24.6 Å². The third-order valence-corrected chi connectivity index (χ3v) is 5.53. The Hall–Kier alpha value is -3.20. The minimum absolute atomic E-state index is 0.122. The van der Waals surface area contributed by atoms with Gasteiger partial charge in [-0.1, -0.05) is 12.1 Å². The summed E-state index contributed by atoms with van der Waals surface area (Å²) in [7, 11) is 3.14. The van der Waals surface area contributed by atoms with Crippen molar-refractivity contribution in [1.29, 1.82) is 0 Å². The maximum absolute atomic E-state index is 12.7. The first kappa shape index (κ1) is 18.2. The standard InChI is InChI=1S/C19H18N4O4S/c1-4-12-8-14-18(28-12)20-10-23(19(14)24)9-16-21-17(22-27-16)13-6-5-11(25-2)7-15(13)26-3/h5-8,10H,4,9H2,1-3H3. The molecule has 8 nitrogen and oxygen atoms in total. The fourth-order valence-electron chi connectivity index (χ4n) is 2.85. The number of hydrogen-bond acceptors (Lipinski definition) is 8. The lowest BCUT2D eigenvalue weighted by Gasteiger charge is -2.07. The minimum Gasteiger partial charge on any atom is -0.497 e. The van der Waals surface area contributed by atoms with Gasteiger partial charge in [-0.15, -0.1) is 11.3 Å². The Morgan fingerprint density at radius 2 is 2.07 bits per heavy atom. The zero-order chi connectivity index (χ0) is 19.7. The maximum Gasteiger partial charge on any atom is 0.262 e. The lowest BCUT2D eigenvalue weighted by atomic mass is 10.2. The topological polar surface area (TPSA) is 92.3 Å². The molecular weight excluding hydrogens is 380 g/mol. The van der Waals surface area contributed by atoms with E-state index in [1.165, 1.54) is 22.2 Å². The van der Waals surface area contributed by atoms with Crippen LogP contribution in [0.2, 0.25) is 0 Å². The quantitative estimate of drug-likeness (QED) is 0.493. The molecule has 0 N–H and O–H groups in total. The van der Waals surface area contributed by atoms with Crippen LogP contribution in [0, 0.1) is 0 Å². The van der Waals surface area contributed by atoms with Crippen molar-refractivity contribution < 1.29 is 14.0 Å². The first-order valence-corrected chi connectivity index (χ1v) is 9.47. The molecule has 144 valence electrons. The van der Waals surface area contributed by atoms with Crippen LogP contribution >= 0.6 is 11.3 Å². The van der Waals surface area contributed by atoms with Crippen LogP contribution in [0.1, 0.15) is 17.7 Å². The van der Waals surface area contributed by atoms with Gasteiger partial charge in [0.05, 0.1) is 31.5 Å². The molecule has 4 aromatic rings. The summed E-state index contributed by atoms with van der Waals surface area (Å²) in [5.74, 6) is 1.91. The molecule has 0 aliphatic carbocycles. The molecule has 0 fully saturated rings. The van der Waals surface area contributed by atoms with E-state index in [0.717, 1.165) is 16.1 Å². The highest BCUT2D eigenvalue weighted by Crippen LogP contribution is 2.31. The van der Waals surface area contributed by atoms with E-state index in [0.29, 0.717) is 34.2 Å². The number of methoxy groups -OCH3 is 2. The van der Waals surface area contributed by atoms with Gasteiger partial charge in [0.1, 0.15) is 22.9 Å². The molecule has 0 amide bonds. The molecule has 0 aliphatic heterocycles. The van der Waals surface area contributed by atoms with Crippen LogP contribution in [-0.2, 0) is 13.0 Å². The average molecular weight is 398 g/mol. The van der Waals surface area contributed by atoms with Crippen LogP contribution in [-0.4, -0.2) is 33.9 Å². The van der Waals surface area contributed by atoms with Crippen molar-refractivity contribution >= 4 is 21.6 Å². The molecule has 0 aliphatic rings. The highest BCUT2D eigenvalue weighted by Gasteiger charge is 2.16. The second kappa shape index (κ2) is 7.43. The number of thiophene rings is 1. The van der Waals surface area contributed by atoms with Crippen molar-refractivity contribution in [2.75, 3.05) is 14.2 Å². The van der Waals surface area contributed by atoms with Crippen LogP contribution in [0.3, 0.4) is 0 Å². The fourth-order valence-corrected chi connectivity index (χ4v) is 3.78. The highest BCUT2D eigenvalue weighted by atomic mass is 32.1. The van der Waals surface area contributed by atoms with Gasteiger partial charge >= 0.3 is 0 Å². The van der Waals surface area contributed by atoms with Crippen molar-refractivity contribution in [2.24, 2.45) is 0 Å². The zero-order valence-electron chi connectivity index (χ0n) is 15.6. The number of ether oxygens (including phenoxy) is 2. The number of aryl methyl sites for hydroxylation is 1. The van der Waals surface area contributed by atoms with Gasteiger partial charge in [0.2, 0.25) is 11.7 Å².